The SMILES string of the molecule is c1ccc2c(c1)-c1ccccc1C2(c1ccc(-n2c3ccccc3c3ccccc32)cc1)c1ccc(-n2c3ccccc3c3ccccc32)cc1. The van der Waals surface area contributed by atoms with Crippen molar-refractivity contribution in [2.24, 2.45) is 0 Å². The Morgan fingerprint density at radius 2 is 0.569 bits per heavy atom. The van der Waals surface area contributed by atoms with E-state index in [-0.39, 0.29) is 0 Å². The second kappa shape index (κ2) is 10.7. The maximum absolute atomic E-state index is 2.40. The van der Waals surface area contributed by atoms with E-state index in [0.29, 0.717) is 0 Å². The number of para-hydroxylation sites is 4. The van der Waals surface area contributed by atoms with E-state index in [2.05, 4.69) is 203 Å². The van der Waals surface area contributed by atoms with Crippen LogP contribution in [-0.2, 0) is 5.41 Å². The zero-order chi connectivity index (χ0) is 33.5. The summed E-state index contributed by atoms with van der Waals surface area (Å²) in [6.45, 7) is 0. The molecule has 0 bridgehead atoms. The van der Waals surface area contributed by atoms with Crippen LogP contribution < -0.4 is 0 Å². The van der Waals surface area contributed by atoms with Gasteiger partial charge >= 0.3 is 0 Å². The lowest BCUT2D eigenvalue weighted by Crippen LogP contribution is -2.28. The molecule has 0 N–H and O–H groups in total. The second-order valence-corrected chi connectivity index (χ2v) is 13.7. The average molecular weight is 649 g/mol. The number of aromatic nitrogens is 2. The highest BCUT2D eigenvalue weighted by Gasteiger charge is 2.45. The summed E-state index contributed by atoms with van der Waals surface area (Å²) >= 11 is 0. The maximum atomic E-state index is 2.40. The predicted molar refractivity (Wildman–Crippen MR) is 212 cm³/mol. The van der Waals surface area contributed by atoms with Gasteiger partial charge in [-0.2, -0.15) is 0 Å². The van der Waals surface area contributed by atoms with Crippen molar-refractivity contribution in [3.8, 4) is 22.5 Å². The number of rotatable bonds is 4. The number of hydrogen-bond acceptors (Lipinski definition) is 0. The van der Waals surface area contributed by atoms with Crippen LogP contribution in [0.5, 0.6) is 0 Å². The maximum Gasteiger partial charge on any atom is 0.0713 e. The lowest BCUT2D eigenvalue weighted by Gasteiger charge is -2.34. The van der Waals surface area contributed by atoms with Gasteiger partial charge in [-0.05, 0) is 81.9 Å². The Hall–Kier alpha value is -6.64. The van der Waals surface area contributed by atoms with E-state index in [9.17, 15) is 0 Å². The Labute approximate surface area is 296 Å². The number of nitrogens with zero attached hydrogens (tertiary/aromatic N) is 2. The van der Waals surface area contributed by atoms with Gasteiger partial charge in [-0.25, -0.2) is 0 Å². The zero-order valence-electron chi connectivity index (χ0n) is 27.9. The van der Waals surface area contributed by atoms with E-state index in [1.807, 2.05) is 0 Å². The summed E-state index contributed by atoms with van der Waals surface area (Å²) in [5.74, 6) is 0. The molecule has 238 valence electrons. The standard InChI is InChI=1S/C49H32N2/c1-7-19-43-37(13-1)38-14-2-8-20-44(38)49(43,33-25-29-35(30-26-33)50-45-21-9-3-15-39(45)40-16-4-10-22-46(40)50)34-27-31-36(32-28-34)51-47-23-11-5-17-41(47)42-18-6-12-24-48(42)51/h1-32H. The summed E-state index contributed by atoms with van der Waals surface area (Å²) in [7, 11) is 0. The molecule has 0 spiro atoms. The van der Waals surface area contributed by atoms with Crippen LogP contribution in [0.4, 0.5) is 0 Å². The molecule has 0 radical (unpaired) electrons. The molecule has 0 unspecified atom stereocenters. The fourth-order valence-electron chi connectivity index (χ4n) is 9.15. The van der Waals surface area contributed by atoms with Gasteiger partial charge in [0, 0.05) is 32.9 Å². The van der Waals surface area contributed by atoms with Crippen LogP contribution in [0.25, 0.3) is 66.1 Å². The van der Waals surface area contributed by atoms with E-state index in [0.717, 1.165) is 11.4 Å². The van der Waals surface area contributed by atoms with Gasteiger partial charge in [-0.15, -0.1) is 0 Å². The van der Waals surface area contributed by atoms with Crippen molar-refractivity contribution in [2.45, 2.75) is 5.41 Å². The molecule has 0 saturated heterocycles. The van der Waals surface area contributed by atoms with Crippen LogP contribution in [0.15, 0.2) is 194 Å². The van der Waals surface area contributed by atoms with Gasteiger partial charge in [-0.1, -0.05) is 146 Å². The molecular formula is C49H32N2. The van der Waals surface area contributed by atoms with Crippen LogP contribution in [0.3, 0.4) is 0 Å². The molecule has 51 heavy (non-hydrogen) atoms. The van der Waals surface area contributed by atoms with E-state index in [1.54, 1.807) is 0 Å². The highest BCUT2D eigenvalue weighted by molar-refractivity contribution is 6.10. The summed E-state index contributed by atoms with van der Waals surface area (Å²) in [4.78, 5) is 0. The number of hydrogen-bond donors (Lipinski definition) is 0. The minimum absolute atomic E-state index is 0.480. The van der Waals surface area contributed by atoms with Gasteiger partial charge in [0.25, 0.3) is 0 Å². The summed E-state index contributed by atoms with van der Waals surface area (Å²) < 4.78 is 4.80. The molecule has 0 aliphatic heterocycles. The first-order chi connectivity index (χ1) is 25.3. The molecule has 1 aliphatic carbocycles. The molecule has 1 aliphatic rings. The molecule has 2 heteroatoms. The summed E-state index contributed by atoms with van der Waals surface area (Å²) in [5, 5.41) is 5.09. The summed E-state index contributed by atoms with van der Waals surface area (Å²) in [5.41, 5.74) is 14.5. The van der Waals surface area contributed by atoms with Gasteiger partial charge in [-0.3, -0.25) is 0 Å². The molecule has 0 amide bonds. The first-order valence-corrected chi connectivity index (χ1v) is 17.7. The van der Waals surface area contributed by atoms with E-state index < -0.39 is 5.41 Å². The first-order valence-electron chi connectivity index (χ1n) is 17.7. The molecule has 8 aromatic carbocycles. The third kappa shape index (κ3) is 3.82. The smallest absolute Gasteiger partial charge is 0.0713 e. The van der Waals surface area contributed by atoms with Gasteiger partial charge in [0.1, 0.15) is 0 Å². The lowest BCUT2D eigenvalue weighted by molar-refractivity contribution is 0.767. The average Bonchev–Trinajstić information content (AvgIpc) is 3.83. The first kappa shape index (κ1) is 28.2. The Morgan fingerprint density at radius 3 is 0.922 bits per heavy atom. The normalized spacial score (nSPS) is 13.3. The van der Waals surface area contributed by atoms with Crippen molar-refractivity contribution < 1.29 is 0 Å². The van der Waals surface area contributed by atoms with Crippen LogP contribution in [0, 0.1) is 0 Å². The van der Waals surface area contributed by atoms with E-state index in [1.165, 1.54) is 77.0 Å². The highest BCUT2D eigenvalue weighted by Crippen LogP contribution is 2.56. The minimum atomic E-state index is -0.480. The van der Waals surface area contributed by atoms with E-state index >= 15 is 0 Å². The van der Waals surface area contributed by atoms with Crippen LogP contribution in [0.1, 0.15) is 22.3 Å². The quantitative estimate of drug-likeness (QED) is 0.180. The predicted octanol–water partition coefficient (Wildman–Crippen LogP) is 12.2. The molecule has 2 nitrogen and oxygen atoms in total. The molecule has 11 rings (SSSR count). The third-order valence-corrected chi connectivity index (χ3v) is 11.2. The minimum Gasteiger partial charge on any atom is -0.309 e. The van der Waals surface area contributed by atoms with Crippen molar-refractivity contribution in [1.82, 2.24) is 9.13 Å². The summed E-state index contributed by atoms with van der Waals surface area (Å²) in [6.07, 6.45) is 0. The number of fused-ring (bicyclic) bond motifs is 9. The van der Waals surface area contributed by atoms with E-state index in [4.69, 9.17) is 0 Å². The fourth-order valence-corrected chi connectivity index (χ4v) is 9.15. The van der Waals surface area contributed by atoms with Crippen molar-refractivity contribution in [2.75, 3.05) is 0 Å². The molecule has 0 saturated carbocycles. The molecule has 2 heterocycles. The summed E-state index contributed by atoms with van der Waals surface area (Å²) in [6, 6.07) is 71.5. The van der Waals surface area contributed by atoms with Crippen molar-refractivity contribution in [3.05, 3.63) is 216 Å². The Kier molecular flexibility index (Phi) is 5.91. The Bertz CT molecular complexity index is 2650. The van der Waals surface area contributed by atoms with Crippen LogP contribution in [0.2, 0.25) is 0 Å². The highest BCUT2D eigenvalue weighted by atomic mass is 15.0. The topological polar surface area (TPSA) is 9.86 Å². The van der Waals surface area contributed by atoms with Crippen molar-refractivity contribution in [1.29, 1.82) is 0 Å². The molecule has 2 aromatic heterocycles. The fraction of sp³-hybridized carbons (Fsp3) is 0.0204. The van der Waals surface area contributed by atoms with Gasteiger partial charge in [0.05, 0.1) is 27.5 Å². The van der Waals surface area contributed by atoms with Gasteiger partial charge in [0.15, 0.2) is 0 Å². The third-order valence-electron chi connectivity index (χ3n) is 11.2. The van der Waals surface area contributed by atoms with Crippen molar-refractivity contribution in [3.63, 3.8) is 0 Å². The van der Waals surface area contributed by atoms with Crippen LogP contribution in [-0.4, -0.2) is 9.13 Å². The Morgan fingerprint density at radius 1 is 0.275 bits per heavy atom. The second-order valence-electron chi connectivity index (χ2n) is 13.7. The van der Waals surface area contributed by atoms with Crippen LogP contribution >= 0.6 is 0 Å². The van der Waals surface area contributed by atoms with Gasteiger partial charge < -0.3 is 9.13 Å². The van der Waals surface area contributed by atoms with Gasteiger partial charge in [0.2, 0.25) is 0 Å². The Balaban J connectivity index is 1.13. The largest absolute Gasteiger partial charge is 0.309 e. The molecule has 0 fully saturated rings. The molecule has 10 aromatic rings. The molecule has 0 atom stereocenters. The number of benzene rings is 8. The zero-order valence-corrected chi connectivity index (χ0v) is 27.9. The van der Waals surface area contributed by atoms with Crippen molar-refractivity contribution >= 4 is 43.6 Å². The monoisotopic (exact) mass is 648 g/mol. The lowest BCUT2D eigenvalue weighted by atomic mass is 9.67. The molecular weight excluding hydrogens is 617 g/mol.